The van der Waals surface area contributed by atoms with Crippen LogP contribution in [0.4, 0.5) is 5.69 Å². The van der Waals surface area contributed by atoms with Gasteiger partial charge in [-0.2, -0.15) is 0 Å². The molecule has 0 radical (unpaired) electrons. The number of carbonyl (C=O) groups is 2. The molecule has 0 saturated carbocycles. The molecule has 1 aliphatic heterocycles. The molecule has 0 fully saturated rings. The number of aliphatic hydroxyl groups is 1. The van der Waals surface area contributed by atoms with E-state index in [1.807, 2.05) is 66.7 Å². The highest BCUT2D eigenvalue weighted by Crippen LogP contribution is 2.48. The largest absolute Gasteiger partial charge is 0.375 e. The second-order valence-electron chi connectivity index (χ2n) is 7.77. The molecule has 1 heterocycles. The van der Waals surface area contributed by atoms with Crippen LogP contribution in [0.2, 0.25) is 0 Å². The van der Waals surface area contributed by atoms with Crippen LogP contribution in [0, 0.1) is 5.92 Å². The molecule has 5 rings (SSSR count). The molecular weight excluding hydrogens is 362 g/mol. The van der Waals surface area contributed by atoms with Gasteiger partial charge < -0.3 is 10.0 Å². The predicted octanol–water partition coefficient (Wildman–Crippen LogP) is 3.87. The standard InChI is InChI=1S/C25H21NO3/c27-23-19-11-5-4-10-18(19)14-15-21(23)25(29)20-12-6-7-13-22(20)26(24(25)28)16-17-8-2-1-3-9-17/h1-13,21,29H,14-16H2/t21-,25-/m1/s1. The van der Waals surface area contributed by atoms with Gasteiger partial charge in [0.15, 0.2) is 11.4 Å². The Kier molecular flexibility index (Phi) is 4.10. The third-order valence-corrected chi connectivity index (χ3v) is 6.17. The van der Waals surface area contributed by atoms with Crippen LogP contribution in [-0.2, 0) is 23.4 Å². The maximum absolute atomic E-state index is 13.6. The van der Waals surface area contributed by atoms with Crippen molar-refractivity contribution in [3.05, 3.63) is 101 Å². The summed E-state index contributed by atoms with van der Waals surface area (Å²) in [5.74, 6) is -1.36. The summed E-state index contributed by atoms with van der Waals surface area (Å²) >= 11 is 0. The van der Waals surface area contributed by atoms with Crippen molar-refractivity contribution in [1.82, 2.24) is 0 Å². The van der Waals surface area contributed by atoms with Crippen molar-refractivity contribution in [2.45, 2.75) is 25.0 Å². The van der Waals surface area contributed by atoms with Gasteiger partial charge in [0.1, 0.15) is 0 Å². The van der Waals surface area contributed by atoms with Crippen molar-refractivity contribution < 1.29 is 14.7 Å². The number of hydrogen-bond donors (Lipinski definition) is 1. The zero-order chi connectivity index (χ0) is 20.0. The molecule has 29 heavy (non-hydrogen) atoms. The Morgan fingerprint density at radius 3 is 2.41 bits per heavy atom. The zero-order valence-corrected chi connectivity index (χ0v) is 15.9. The van der Waals surface area contributed by atoms with Gasteiger partial charge in [0.25, 0.3) is 5.91 Å². The first-order valence-corrected chi connectivity index (χ1v) is 9.90. The average molecular weight is 383 g/mol. The number of fused-ring (bicyclic) bond motifs is 2. The Hall–Kier alpha value is -3.24. The Labute approximate surface area is 169 Å². The highest BCUT2D eigenvalue weighted by Gasteiger charge is 2.57. The number of benzene rings is 3. The molecule has 1 amide bonds. The van der Waals surface area contributed by atoms with Crippen molar-refractivity contribution in [3.8, 4) is 0 Å². The zero-order valence-electron chi connectivity index (χ0n) is 15.9. The first-order valence-electron chi connectivity index (χ1n) is 9.90. The first kappa shape index (κ1) is 17.8. The number of carbonyl (C=O) groups excluding carboxylic acids is 2. The fourth-order valence-electron chi connectivity index (χ4n) is 4.72. The molecule has 4 heteroatoms. The van der Waals surface area contributed by atoms with Gasteiger partial charge in [0.2, 0.25) is 0 Å². The lowest BCUT2D eigenvalue weighted by atomic mass is 9.71. The summed E-state index contributed by atoms with van der Waals surface area (Å²) in [5.41, 5.74) is 1.94. The van der Waals surface area contributed by atoms with E-state index in [1.54, 1.807) is 17.0 Å². The van der Waals surface area contributed by atoms with Gasteiger partial charge in [0, 0.05) is 11.1 Å². The van der Waals surface area contributed by atoms with Crippen LogP contribution in [0.25, 0.3) is 0 Å². The Bertz CT molecular complexity index is 1110. The fourth-order valence-corrected chi connectivity index (χ4v) is 4.72. The predicted molar refractivity (Wildman–Crippen MR) is 111 cm³/mol. The number of ketones is 1. The number of Topliss-reactive ketones (excluding diaryl/α,β-unsaturated/α-hetero) is 1. The normalized spacial score (nSPS) is 23.1. The minimum atomic E-state index is -1.84. The lowest BCUT2D eigenvalue weighted by molar-refractivity contribution is -0.140. The van der Waals surface area contributed by atoms with E-state index in [2.05, 4.69) is 0 Å². The lowest BCUT2D eigenvalue weighted by Crippen LogP contribution is -2.49. The van der Waals surface area contributed by atoms with Crippen molar-refractivity contribution in [2.24, 2.45) is 5.92 Å². The van der Waals surface area contributed by atoms with Crippen molar-refractivity contribution >= 4 is 17.4 Å². The van der Waals surface area contributed by atoms with Gasteiger partial charge in [0.05, 0.1) is 18.2 Å². The molecule has 0 aromatic heterocycles. The molecule has 0 bridgehead atoms. The van der Waals surface area contributed by atoms with Crippen LogP contribution >= 0.6 is 0 Å². The second kappa shape index (κ2) is 6.68. The third kappa shape index (κ3) is 2.64. The van der Waals surface area contributed by atoms with Crippen LogP contribution < -0.4 is 4.90 Å². The van der Waals surface area contributed by atoms with Gasteiger partial charge in [-0.15, -0.1) is 0 Å². The van der Waals surface area contributed by atoms with E-state index in [1.165, 1.54) is 0 Å². The highest BCUT2D eigenvalue weighted by molar-refractivity contribution is 6.12. The molecule has 0 unspecified atom stereocenters. The molecule has 0 spiro atoms. The lowest BCUT2D eigenvalue weighted by Gasteiger charge is -2.34. The van der Waals surface area contributed by atoms with E-state index in [9.17, 15) is 14.7 Å². The van der Waals surface area contributed by atoms with E-state index >= 15 is 0 Å². The number of aryl methyl sites for hydroxylation is 1. The highest BCUT2D eigenvalue weighted by atomic mass is 16.3. The van der Waals surface area contributed by atoms with Crippen LogP contribution in [-0.4, -0.2) is 16.8 Å². The average Bonchev–Trinajstić information content (AvgIpc) is 2.98. The maximum atomic E-state index is 13.6. The van der Waals surface area contributed by atoms with Gasteiger partial charge in [-0.3, -0.25) is 9.59 Å². The van der Waals surface area contributed by atoms with Gasteiger partial charge >= 0.3 is 0 Å². The monoisotopic (exact) mass is 383 g/mol. The number of amides is 1. The minimum absolute atomic E-state index is 0.154. The van der Waals surface area contributed by atoms with Gasteiger partial charge in [-0.1, -0.05) is 72.8 Å². The molecule has 1 aliphatic carbocycles. The second-order valence-corrected chi connectivity index (χ2v) is 7.77. The molecule has 3 aromatic rings. The summed E-state index contributed by atoms with van der Waals surface area (Å²) in [6.45, 7) is 0.358. The third-order valence-electron chi connectivity index (χ3n) is 6.17. The summed E-state index contributed by atoms with van der Waals surface area (Å²) < 4.78 is 0. The molecule has 2 atom stereocenters. The van der Waals surface area contributed by atoms with Crippen molar-refractivity contribution in [2.75, 3.05) is 4.90 Å². The summed E-state index contributed by atoms with van der Waals surface area (Å²) in [7, 11) is 0. The molecule has 1 N–H and O–H groups in total. The van der Waals surface area contributed by atoms with Crippen LogP contribution in [0.15, 0.2) is 78.9 Å². The van der Waals surface area contributed by atoms with E-state index < -0.39 is 17.4 Å². The number of nitrogens with zero attached hydrogens (tertiary/aromatic N) is 1. The maximum Gasteiger partial charge on any atom is 0.264 e. The number of anilines is 1. The van der Waals surface area contributed by atoms with Gasteiger partial charge in [-0.05, 0) is 30.0 Å². The Balaban J connectivity index is 1.58. The van der Waals surface area contributed by atoms with E-state index in [0.717, 1.165) is 11.1 Å². The van der Waals surface area contributed by atoms with Crippen LogP contribution in [0.3, 0.4) is 0 Å². The van der Waals surface area contributed by atoms with E-state index in [4.69, 9.17) is 0 Å². The molecule has 4 nitrogen and oxygen atoms in total. The smallest absolute Gasteiger partial charge is 0.264 e. The molecule has 2 aliphatic rings. The Morgan fingerprint density at radius 1 is 0.897 bits per heavy atom. The molecule has 3 aromatic carbocycles. The quantitative estimate of drug-likeness (QED) is 0.747. The molecule has 0 saturated heterocycles. The van der Waals surface area contributed by atoms with Crippen LogP contribution in [0.5, 0.6) is 0 Å². The van der Waals surface area contributed by atoms with Crippen LogP contribution in [0.1, 0.15) is 33.5 Å². The minimum Gasteiger partial charge on any atom is -0.375 e. The molecular formula is C25H21NO3. The summed E-state index contributed by atoms with van der Waals surface area (Å²) in [6.07, 6.45) is 1.12. The van der Waals surface area contributed by atoms with Gasteiger partial charge in [-0.25, -0.2) is 0 Å². The number of para-hydroxylation sites is 1. The topological polar surface area (TPSA) is 57.6 Å². The van der Waals surface area contributed by atoms with Crippen molar-refractivity contribution in [1.29, 1.82) is 0 Å². The van der Waals surface area contributed by atoms with E-state index in [-0.39, 0.29) is 5.78 Å². The molecule has 144 valence electrons. The first-order chi connectivity index (χ1) is 14.1. The summed E-state index contributed by atoms with van der Waals surface area (Å²) in [6, 6.07) is 24.4. The van der Waals surface area contributed by atoms with Crippen molar-refractivity contribution in [3.63, 3.8) is 0 Å². The number of hydrogen-bond acceptors (Lipinski definition) is 3. The Morgan fingerprint density at radius 2 is 1.59 bits per heavy atom. The van der Waals surface area contributed by atoms with E-state index in [0.29, 0.717) is 36.2 Å². The number of rotatable bonds is 3. The SMILES string of the molecule is O=C1c2ccccc2CC[C@H]1[C@@]1(O)C(=O)N(Cc2ccccc2)c2ccccc21. The summed E-state index contributed by atoms with van der Waals surface area (Å²) in [4.78, 5) is 28.5. The summed E-state index contributed by atoms with van der Waals surface area (Å²) in [5, 5.41) is 11.8. The fraction of sp³-hybridized carbons (Fsp3) is 0.200.